The first kappa shape index (κ1) is 69.3. The number of aliphatic carboxylic acids is 1. The molecule has 0 radical (unpaired) electrons. The van der Waals surface area contributed by atoms with Gasteiger partial charge in [-0.05, 0) is 84.9 Å². The van der Waals surface area contributed by atoms with Crippen molar-refractivity contribution in [2.45, 2.75) is 255 Å². The molecule has 9 rings (SSSR count). The third-order valence-corrected chi connectivity index (χ3v) is 22.4. The Bertz CT molecular complexity index is 2540. The Kier molecular flexibility index (Phi) is 20.3. The highest BCUT2D eigenvalue weighted by molar-refractivity contribution is 5.73. The van der Waals surface area contributed by atoms with Crippen LogP contribution in [0.3, 0.4) is 0 Å². The van der Waals surface area contributed by atoms with Crippen LogP contribution in [0, 0.1) is 56.2 Å². The van der Waals surface area contributed by atoms with Crippen molar-refractivity contribution in [2.75, 3.05) is 26.4 Å². The third-order valence-electron chi connectivity index (χ3n) is 22.4. The molecule has 14 N–H and O–H groups in total. The Labute approximate surface area is 509 Å². The number of aliphatic hydroxyl groups is 13. The fraction of sp³-hybridized carbons (Fsp3) is 0.900. The fourth-order valence-corrected chi connectivity index (χ4v) is 17.4. The van der Waals surface area contributed by atoms with Crippen molar-refractivity contribution in [1.29, 1.82) is 0 Å². The van der Waals surface area contributed by atoms with Gasteiger partial charge < -0.3 is 124 Å². The lowest BCUT2D eigenvalue weighted by Crippen LogP contribution is -2.72. The molecule has 0 aromatic carbocycles. The molecule has 502 valence electrons. The second kappa shape index (κ2) is 25.7. The van der Waals surface area contributed by atoms with Crippen LogP contribution in [-0.2, 0) is 66.5 Å². The SMILES string of the molecule is CC(=O)OCC12C(O)CC3(C)C(=CCC4C5(C)CCC(OC6OC(C(=O)O)C(O)C(OC7OC(CO)C(O)C(OC8OCC(O)C(O)C8O)C7O)C6OC6OC(CO)C(O)C(O)C6O)C(C)(C=O)C5CCC43C)C1CC(C)(C)C(OC(=O)CC(C)C)C2O. The van der Waals surface area contributed by atoms with Crippen molar-refractivity contribution < 1.29 is 138 Å². The predicted molar refractivity (Wildman–Crippen MR) is 295 cm³/mol. The molecule has 0 bridgehead atoms. The summed E-state index contributed by atoms with van der Waals surface area (Å²) in [5.74, 6) is -4.13. The molecule has 0 amide bonds. The van der Waals surface area contributed by atoms with E-state index in [1.807, 2.05) is 27.7 Å². The summed E-state index contributed by atoms with van der Waals surface area (Å²) in [5.41, 5.74) is -4.76. The number of carbonyl (C=O) groups is 4. The van der Waals surface area contributed by atoms with E-state index < -0.39 is 223 Å². The smallest absolute Gasteiger partial charge is 0.335 e. The second-order valence-corrected chi connectivity index (χ2v) is 28.5. The molecule has 31 unspecified atom stereocenters. The maximum atomic E-state index is 14.2. The molecule has 28 heteroatoms. The Balaban J connectivity index is 1.04. The molecule has 28 nitrogen and oxygen atoms in total. The molecule has 4 saturated carbocycles. The average molecular weight is 1260 g/mol. The molecule has 9 aliphatic rings. The number of hydrogen-bond acceptors (Lipinski definition) is 27. The van der Waals surface area contributed by atoms with Crippen LogP contribution in [0.1, 0.15) is 114 Å². The van der Waals surface area contributed by atoms with Gasteiger partial charge in [0, 0.05) is 18.8 Å². The number of carboxylic acid groups (broad SMARTS) is 1. The van der Waals surface area contributed by atoms with Crippen LogP contribution in [-0.4, -0.2) is 263 Å². The van der Waals surface area contributed by atoms with Crippen molar-refractivity contribution in [3.63, 3.8) is 0 Å². The molecule has 0 aromatic heterocycles. The zero-order valence-electron chi connectivity index (χ0n) is 51.2. The van der Waals surface area contributed by atoms with Crippen molar-refractivity contribution in [3.05, 3.63) is 11.6 Å². The molecular weight excluding hydrogens is 1170 g/mol. The highest BCUT2D eigenvalue weighted by Crippen LogP contribution is 2.76. The minimum absolute atomic E-state index is 0.0285. The Morgan fingerprint density at radius 1 is 0.682 bits per heavy atom. The lowest BCUT2D eigenvalue weighted by Gasteiger charge is -2.72. The number of allylic oxidation sites excluding steroid dienone is 2. The minimum atomic E-state index is -2.34. The maximum Gasteiger partial charge on any atom is 0.335 e. The Hall–Kier alpha value is -3.02. The zero-order valence-corrected chi connectivity index (χ0v) is 51.2. The van der Waals surface area contributed by atoms with Gasteiger partial charge in [0.25, 0.3) is 0 Å². The van der Waals surface area contributed by atoms with Crippen LogP contribution >= 0.6 is 0 Å². The van der Waals surface area contributed by atoms with Gasteiger partial charge in [-0.2, -0.15) is 0 Å². The summed E-state index contributed by atoms with van der Waals surface area (Å²) in [6.45, 7) is 14.2. The van der Waals surface area contributed by atoms with Crippen LogP contribution in [0.5, 0.6) is 0 Å². The highest BCUT2D eigenvalue weighted by Gasteiger charge is 2.74. The lowest BCUT2D eigenvalue weighted by atomic mass is 9.33. The zero-order chi connectivity index (χ0) is 64.9. The van der Waals surface area contributed by atoms with E-state index in [2.05, 4.69) is 26.8 Å². The van der Waals surface area contributed by atoms with Crippen LogP contribution in [0.25, 0.3) is 0 Å². The number of rotatable bonds is 17. The van der Waals surface area contributed by atoms with E-state index in [4.69, 9.17) is 47.4 Å². The number of hydrogen-bond donors (Lipinski definition) is 14. The number of fused-ring (bicyclic) bond motifs is 7. The monoisotopic (exact) mass is 1260 g/mol. The number of esters is 2. The van der Waals surface area contributed by atoms with Gasteiger partial charge in [-0.3, -0.25) is 9.59 Å². The van der Waals surface area contributed by atoms with Gasteiger partial charge >= 0.3 is 17.9 Å². The van der Waals surface area contributed by atoms with E-state index in [0.717, 1.165) is 11.9 Å². The summed E-state index contributed by atoms with van der Waals surface area (Å²) >= 11 is 0. The summed E-state index contributed by atoms with van der Waals surface area (Å²) in [6, 6.07) is 0. The molecule has 4 aliphatic heterocycles. The average Bonchev–Trinajstić information content (AvgIpc) is 0.675. The van der Waals surface area contributed by atoms with Gasteiger partial charge in [0.2, 0.25) is 0 Å². The number of aldehydes is 1. The van der Waals surface area contributed by atoms with E-state index >= 15 is 0 Å². The van der Waals surface area contributed by atoms with Crippen molar-refractivity contribution in [1.82, 2.24) is 0 Å². The van der Waals surface area contributed by atoms with Gasteiger partial charge in [-0.25, -0.2) is 4.79 Å². The third kappa shape index (κ3) is 11.6. The summed E-state index contributed by atoms with van der Waals surface area (Å²) in [5, 5.41) is 156. The first-order valence-electron chi connectivity index (χ1n) is 30.7. The Morgan fingerprint density at radius 2 is 1.30 bits per heavy atom. The molecule has 8 fully saturated rings. The van der Waals surface area contributed by atoms with Gasteiger partial charge in [0.15, 0.2) is 31.3 Å². The largest absolute Gasteiger partial charge is 0.479 e. The van der Waals surface area contributed by atoms with Gasteiger partial charge in [0.05, 0.1) is 42.9 Å². The molecular formula is C60H94O28. The molecule has 4 saturated heterocycles. The van der Waals surface area contributed by atoms with Gasteiger partial charge in [-0.15, -0.1) is 0 Å². The summed E-state index contributed by atoms with van der Waals surface area (Å²) < 4.78 is 59.7. The highest BCUT2D eigenvalue weighted by atomic mass is 16.8. The van der Waals surface area contributed by atoms with E-state index in [0.29, 0.717) is 32.1 Å². The maximum absolute atomic E-state index is 14.2. The normalized spacial score (nSPS) is 50.9. The quantitative estimate of drug-likeness (QED) is 0.0308. The van der Waals surface area contributed by atoms with Crippen molar-refractivity contribution >= 4 is 24.2 Å². The first-order chi connectivity index (χ1) is 41.1. The minimum Gasteiger partial charge on any atom is -0.479 e. The lowest BCUT2D eigenvalue weighted by molar-refractivity contribution is -0.400. The van der Waals surface area contributed by atoms with Crippen LogP contribution in [0.4, 0.5) is 0 Å². The summed E-state index contributed by atoms with van der Waals surface area (Å²) in [4.78, 5) is 53.3. The second-order valence-electron chi connectivity index (χ2n) is 28.5. The van der Waals surface area contributed by atoms with Crippen LogP contribution < -0.4 is 0 Å². The first-order valence-corrected chi connectivity index (χ1v) is 30.7. The summed E-state index contributed by atoms with van der Waals surface area (Å²) in [6.07, 6.45) is -37.1. The number of carbonyl (C=O) groups excluding carboxylic acids is 3. The standard InChI is InChI=1S/C60H94O28/c1-24(2)16-35(67)84-49-48(76)60(23-80-25(3)64)27(17-55(49,4)5)26-10-11-32-56(6)14-13-34(57(7,22-63)31(56)12-15-58(32,8)59(26,9)18-33(60)66)83-54-47(88-52-41(73)39(71)37(69)29(19-61)81-52)45(42(74)46(87-54)50(77)78)86-53-43(75)44(38(70)30(20-62)82-53)85-51-40(72)36(68)28(65)21-79-51/h10,22,24,27-34,36-49,51-54,61-62,65-66,68-76H,11-21,23H2,1-9H3,(H,77,78). The van der Waals surface area contributed by atoms with E-state index in [1.54, 1.807) is 6.92 Å². The molecule has 0 spiro atoms. The molecule has 5 aliphatic carbocycles. The van der Waals surface area contributed by atoms with Gasteiger partial charge in [0.1, 0.15) is 111 Å². The molecule has 0 aromatic rings. The molecule has 4 heterocycles. The van der Waals surface area contributed by atoms with E-state index in [9.17, 15) is 90.7 Å². The molecule has 88 heavy (non-hydrogen) atoms. The predicted octanol–water partition coefficient (Wildman–Crippen LogP) is -2.57. The fourth-order valence-electron chi connectivity index (χ4n) is 17.4. The number of carboxylic acids is 1. The topological polar surface area (TPSA) is 444 Å². The van der Waals surface area contributed by atoms with E-state index in [-0.39, 0.29) is 37.7 Å². The number of ether oxygens (including phenoxy) is 10. The van der Waals surface area contributed by atoms with Crippen molar-refractivity contribution in [3.8, 4) is 0 Å². The van der Waals surface area contributed by atoms with Crippen molar-refractivity contribution in [2.24, 2.45) is 56.2 Å². The van der Waals surface area contributed by atoms with Crippen LogP contribution in [0.15, 0.2) is 11.6 Å². The van der Waals surface area contributed by atoms with Crippen LogP contribution in [0.2, 0.25) is 0 Å². The Morgan fingerprint density at radius 3 is 1.91 bits per heavy atom. The summed E-state index contributed by atoms with van der Waals surface area (Å²) in [7, 11) is 0. The van der Waals surface area contributed by atoms with Gasteiger partial charge in [-0.1, -0.05) is 67.0 Å². The molecule has 31 atom stereocenters. The van der Waals surface area contributed by atoms with E-state index in [1.165, 1.54) is 6.92 Å². The number of aliphatic hydroxyl groups excluding tert-OH is 13.